The minimum Gasteiger partial charge on any atom is -0.495 e. The lowest BCUT2D eigenvalue weighted by atomic mass is 10.2. The Hall–Kier alpha value is -3.58. The lowest BCUT2D eigenvalue weighted by molar-refractivity contribution is -0.120. The summed E-state index contributed by atoms with van der Waals surface area (Å²) in [4.78, 5) is 19.7. The number of amides is 1. The first kappa shape index (κ1) is 21.6. The molecule has 1 amide bonds. The Kier molecular flexibility index (Phi) is 6.56. The van der Waals surface area contributed by atoms with Crippen LogP contribution in [0.25, 0.3) is 10.2 Å². The molecule has 0 saturated carbocycles. The van der Waals surface area contributed by atoms with Crippen molar-refractivity contribution in [1.82, 2.24) is 4.98 Å². The summed E-state index contributed by atoms with van der Waals surface area (Å²) < 4.78 is 17.6. The highest BCUT2D eigenvalue weighted by Crippen LogP contribution is 2.40. The van der Waals surface area contributed by atoms with Crippen LogP contribution in [0.3, 0.4) is 0 Å². The lowest BCUT2D eigenvalue weighted by Crippen LogP contribution is -2.34. The van der Waals surface area contributed by atoms with E-state index in [1.54, 1.807) is 19.1 Å². The van der Waals surface area contributed by atoms with Crippen LogP contribution in [0.2, 0.25) is 0 Å². The summed E-state index contributed by atoms with van der Waals surface area (Å²) in [6, 6.07) is 21.1. The molecule has 7 heteroatoms. The number of thiazole rings is 1. The predicted molar refractivity (Wildman–Crippen MR) is 127 cm³/mol. The van der Waals surface area contributed by atoms with E-state index in [1.165, 1.54) is 11.3 Å². The molecule has 0 fully saturated rings. The number of anilines is 1. The maximum atomic E-state index is 13.3. The Labute approximate surface area is 191 Å². The van der Waals surface area contributed by atoms with Gasteiger partial charge in [-0.05, 0) is 42.3 Å². The third-order valence-corrected chi connectivity index (χ3v) is 6.06. The third-order valence-electron chi connectivity index (χ3n) is 4.97. The first-order valence-corrected chi connectivity index (χ1v) is 11.0. The number of hydrogen-bond donors (Lipinski definition) is 0. The van der Waals surface area contributed by atoms with E-state index in [0.717, 1.165) is 15.8 Å². The molecule has 0 bridgehead atoms. The van der Waals surface area contributed by atoms with Gasteiger partial charge in [0.15, 0.2) is 11.7 Å². The maximum Gasteiger partial charge on any atom is 0.267 e. The van der Waals surface area contributed by atoms with E-state index < -0.39 is 0 Å². The summed E-state index contributed by atoms with van der Waals surface area (Å²) in [6.45, 7) is 2.26. The summed E-state index contributed by atoms with van der Waals surface area (Å²) in [5, 5.41) is 0.560. The molecular formula is C25H24N2O4S. The Morgan fingerprint density at radius 2 is 1.72 bits per heavy atom. The molecule has 0 spiro atoms. The molecule has 0 N–H and O–H groups in total. The number of hydrogen-bond acceptors (Lipinski definition) is 6. The summed E-state index contributed by atoms with van der Waals surface area (Å²) >= 11 is 1.39. The quantitative estimate of drug-likeness (QED) is 0.369. The van der Waals surface area contributed by atoms with Gasteiger partial charge in [0.25, 0.3) is 5.91 Å². The van der Waals surface area contributed by atoms with Crippen molar-refractivity contribution in [3.63, 3.8) is 0 Å². The van der Waals surface area contributed by atoms with Crippen LogP contribution in [-0.4, -0.2) is 31.7 Å². The van der Waals surface area contributed by atoms with Gasteiger partial charge >= 0.3 is 0 Å². The number of fused-ring (bicyclic) bond motifs is 1. The molecule has 0 saturated heterocycles. The van der Waals surface area contributed by atoms with Crippen molar-refractivity contribution in [2.75, 3.05) is 25.7 Å². The number of carbonyl (C=O) groups is 1. The Morgan fingerprint density at radius 3 is 2.44 bits per heavy atom. The molecule has 0 aliphatic carbocycles. The largest absolute Gasteiger partial charge is 0.495 e. The maximum absolute atomic E-state index is 13.3. The zero-order valence-electron chi connectivity index (χ0n) is 18.2. The van der Waals surface area contributed by atoms with Crippen molar-refractivity contribution in [3.8, 4) is 17.2 Å². The summed E-state index contributed by atoms with van der Waals surface area (Å²) in [5.74, 6) is 1.79. The minimum absolute atomic E-state index is 0.0967. The topological polar surface area (TPSA) is 60.9 Å². The first-order chi connectivity index (χ1) is 15.6. The van der Waals surface area contributed by atoms with Crippen LogP contribution in [0.1, 0.15) is 11.1 Å². The van der Waals surface area contributed by atoms with Crippen LogP contribution in [0.15, 0.2) is 66.7 Å². The molecule has 164 valence electrons. The molecule has 0 unspecified atom stereocenters. The highest BCUT2D eigenvalue weighted by atomic mass is 32.1. The van der Waals surface area contributed by atoms with E-state index in [0.29, 0.717) is 34.4 Å². The number of ether oxygens (including phenoxy) is 3. The van der Waals surface area contributed by atoms with Crippen molar-refractivity contribution < 1.29 is 19.0 Å². The number of carbonyl (C=O) groups excluding carboxylic acids is 1. The van der Waals surface area contributed by atoms with Crippen molar-refractivity contribution in [1.29, 1.82) is 0 Å². The molecular weight excluding hydrogens is 424 g/mol. The Morgan fingerprint density at radius 1 is 0.969 bits per heavy atom. The van der Waals surface area contributed by atoms with Gasteiger partial charge < -0.3 is 14.2 Å². The number of benzene rings is 3. The van der Waals surface area contributed by atoms with Gasteiger partial charge in [-0.3, -0.25) is 9.69 Å². The highest BCUT2D eigenvalue weighted by Gasteiger charge is 2.23. The molecule has 6 nitrogen and oxygen atoms in total. The van der Waals surface area contributed by atoms with Crippen molar-refractivity contribution >= 4 is 32.6 Å². The van der Waals surface area contributed by atoms with Crippen molar-refractivity contribution in [2.24, 2.45) is 0 Å². The standard InChI is InChI=1S/C25H24N2O4S/c1-17-8-7-11-19(14-17)31-16-22(28)27(15-18-9-5-4-6-10-18)25-26-23-20(29-2)12-13-21(30-3)24(23)32-25/h4-14H,15-16H2,1-3H3. The summed E-state index contributed by atoms with van der Waals surface area (Å²) in [7, 11) is 3.21. The molecule has 3 aromatic carbocycles. The van der Waals surface area contributed by atoms with Gasteiger partial charge in [0, 0.05) is 0 Å². The molecule has 32 heavy (non-hydrogen) atoms. The van der Waals surface area contributed by atoms with Gasteiger partial charge in [-0.15, -0.1) is 0 Å². The number of aryl methyl sites for hydroxylation is 1. The van der Waals surface area contributed by atoms with E-state index in [9.17, 15) is 4.79 Å². The molecule has 4 rings (SSSR count). The molecule has 1 heterocycles. The zero-order valence-corrected chi connectivity index (χ0v) is 19.0. The number of rotatable bonds is 8. The van der Waals surface area contributed by atoms with E-state index in [4.69, 9.17) is 19.2 Å². The van der Waals surface area contributed by atoms with Gasteiger partial charge in [-0.2, -0.15) is 0 Å². The van der Waals surface area contributed by atoms with E-state index in [2.05, 4.69) is 0 Å². The van der Waals surface area contributed by atoms with Crippen LogP contribution in [-0.2, 0) is 11.3 Å². The average molecular weight is 449 g/mol. The van der Waals surface area contributed by atoms with Crippen LogP contribution in [0, 0.1) is 6.92 Å². The van der Waals surface area contributed by atoms with Gasteiger partial charge in [-0.25, -0.2) is 4.98 Å². The fourth-order valence-electron chi connectivity index (χ4n) is 3.35. The second kappa shape index (κ2) is 9.70. The Balaban J connectivity index is 1.68. The van der Waals surface area contributed by atoms with Gasteiger partial charge in [0.05, 0.1) is 20.8 Å². The smallest absolute Gasteiger partial charge is 0.267 e. The third kappa shape index (κ3) is 4.68. The molecule has 0 atom stereocenters. The van der Waals surface area contributed by atoms with Crippen LogP contribution in [0.4, 0.5) is 5.13 Å². The molecule has 1 aromatic heterocycles. The second-order valence-corrected chi connectivity index (χ2v) is 8.19. The summed E-state index contributed by atoms with van der Waals surface area (Å²) in [6.07, 6.45) is 0. The van der Waals surface area contributed by atoms with Crippen LogP contribution in [0.5, 0.6) is 17.2 Å². The fourth-order valence-corrected chi connectivity index (χ4v) is 4.44. The van der Waals surface area contributed by atoms with E-state index in [1.807, 2.05) is 73.7 Å². The second-order valence-electron chi connectivity index (χ2n) is 7.21. The normalized spacial score (nSPS) is 10.7. The minimum atomic E-state index is -0.188. The van der Waals surface area contributed by atoms with Crippen molar-refractivity contribution in [3.05, 3.63) is 77.9 Å². The fraction of sp³-hybridized carbons (Fsp3) is 0.200. The lowest BCUT2D eigenvalue weighted by Gasteiger charge is -2.20. The van der Waals surface area contributed by atoms with Gasteiger partial charge in [0.2, 0.25) is 0 Å². The predicted octanol–water partition coefficient (Wildman–Crippen LogP) is 5.23. The van der Waals surface area contributed by atoms with Crippen molar-refractivity contribution in [2.45, 2.75) is 13.5 Å². The SMILES string of the molecule is COc1ccc(OC)c2sc(N(Cc3ccccc3)C(=O)COc3cccc(C)c3)nc12. The molecule has 0 aliphatic rings. The number of nitrogens with zero attached hydrogens (tertiary/aromatic N) is 2. The molecule has 0 radical (unpaired) electrons. The zero-order chi connectivity index (χ0) is 22.5. The first-order valence-electron chi connectivity index (χ1n) is 10.1. The number of aromatic nitrogens is 1. The molecule has 0 aliphatic heterocycles. The van der Waals surface area contributed by atoms with Crippen LogP contribution < -0.4 is 19.1 Å². The highest BCUT2D eigenvalue weighted by molar-refractivity contribution is 7.22. The van der Waals surface area contributed by atoms with E-state index in [-0.39, 0.29) is 12.5 Å². The summed E-state index contributed by atoms with van der Waals surface area (Å²) in [5.41, 5.74) is 2.73. The molecule has 4 aromatic rings. The average Bonchev–Trinajstić information content (AvgIpc) is 3.26. The van der Waals surface area contributed by atoms with E-state index >= 15 is 0 Å². The Bertz CT molecular complexity index is 1180. The van der Waals surface area contributed by atoms with Gasteiger partial charge in [0.1, 0.15) is 27.5 Å². The number of methoxy groups -OCH3 is 2. The van der Waals surface area contributed by atoms with Crippen LogP contribution >= 0.6 is 11.3 Å². The monoisotopic (exact) mass is 448 g/mol. The van der Waals surface area contributed by atoms with Gasteiger partial charge in [-0.1, -0.05) is 53.8 Å².